The van der Waals surface area contributed by atoms with Gasteiger partial charge in [-0.25, -0.2) is 28.1 Å². The van der Waals surface area contributed by atoms with Crippen LogP contribution in [0.15, 0.2) is 79.3 Å². The number of methoxy groups -OCH3 is 1. The predicted octanol–water partition coefficient (Wildman–Crippen LogP) is 6.79. The molecule has 3 heterocycles. The highest BCUT2D eigenvalue weighted by Gasteiger charge is 2.18. The van der Waals surface area contributed by atoms with E-state index in [2.05, 4.69) is 15.0 Å². The minimum atomic E-state index is -0.666. The van der Waals surface area contributed by atoms with Crippen LogP contribution in [0.3, 0.4) is 0 Å². The van der Waals surface area contributed by atoms with Crippen LogP contribution in [0.1, 0.15) is 35.5 Å². The van der Waals surface area contributed by atoms with Crippen molar-refractivity contribution in [3.63, 3.8) is 0 Å². The lowest BCUT2D eigenvalue weighted by Crippen LogP contribution is -2.10. The Bertz CT molecular complexity index is 2020. The Labute approximate surface area is 263 Å². The van der Waals surface area contributed by atoms with E-state index in [0.29, 0.717) is 35.6 Å². The van der Waals surface area contributed by atoms with Crippen LogP contribution in [0.2, 0.25) is 0 Å². The monoisotopic (exact) mass is 627 g/mol. The van der Waals surface area contributed by atoms with Crippen molar-refractivity contribution >= 4 is 11.0 Å². The van der Waals surface area contributed by atoms with E-state index in [1.165, 1.54) is 6.07 Å². The van der Waals surface area contributed by atoms with E-state index in [9.17, 15) is 9.50 Å². The Hall–Kier alpha value is -5.00. The number of hydrogen-bond acceptors (Lipinski definition) is 6. The molecule has 11 heteroatoms. The minimum Gasteiger partial charge on any atom is -0.473 e. The van der Waals surface area contributed by atoms with Crippen LogP contribution in [-0.2, 0) is 31.4 Å². The first-order valence-electron chi connectivity index (χ1n) is 14.7. The smallest absolute Gasteiger partial charge is 0.214 e. The van der Waals surface area contributed by atoms with E-state index in [1.807, 2.05) is 17.7 Å². The normalized spacial score (nSPS) is 12.2. The summed E-state index contributed by atoms with van der Waals surface area (Å²) in [7, 11) is 3.41. The Morgan fingerprint density at radius 3 is 2.48 bits per heavy atom. The Kier molecular flexibility index (Phi) is 8.87. The lowest BCUT2D eigenvalue weighted by atomic mass is 10.0. The lowest BCUT2D eigenvalue weighted by molar-refractivity contribution is 0.187. The molecule has 0 aliphatic rings. The van der Waals surface area contributed by atoms with Crippen molar-refractivity contribution in [1.29, 1.82) is 0 Å². The maximum absolute atomic E-state index is 15.5. The standard InChI is InChI=1S/C35H32F3N5O3/c1-21(44)22-9-10-31-32(15-22)43(11-12-45-3)34(40-31)16-25-14-29(38)26(17-28(25)37)30-5-4-6-35(41-30)46-19-24-8-7-23(13-27(24)36)33-18-39-20-42(33)2/h4-10,13-15,17-18,20-21,44H,11-12,16,19H2,1-3H3. The number of ether oxygens (including phenoxy) is 2. The molecule has 3 aromatic carbocycles. The predicted molar refractivity (Wildman–Crippen MR) is 168 cm³/mol. The number of aliphatic hydroxyl groups is 1. The molecule has 0 saturated heterocycles. The summed E-state index contributed by atoms with van der Waals surface area (Å²) in [6, 6.07) is 17.3. The van der Waals surface area contributed by atoms with Gasteiger partial charge in [-0.05, 0) is 54.4 Å². The van der Waals surface area contributed by atoms with Crippen molar-refractivity contribution in [2.75, 3.05) is 13.7 Å². The quantitative estimate of drug-likeness (QED) is 0.170. The van der Waals surface area contributed by atoms with Gasteiger partial charge in [-0.15, -0.1) is 0 Å². The van der Waals surface area contributed by atoms with Crippen molar-refractivity contribution < 1.29 is 27.8 Å². The molecule has 1 unspecified atom stereocenters. The number of hydrogen-bond donors (Lipinski definition) is 1. The fraction of sp³-hybridized carbons (Fsp3) is 0.229. The first-order chi connectivity index (χ1) is 22.2. The highest BCUT2D eigenvalue weighted by Crippen LogP contribution is 2.29. The van der Waals surface area contributed by atoms with Crippen LogP contribution in [0.5, 0.6) is 5.88 Å². The van der Waals surface area contributed by atoms with Gasteiger partial charge in [0, 0.05) is 49.9 Å². The van der Waals surface area contributed by atoms with Crippen LogP contribution >= 0.6 is 0 Å². The fourth-order valence-electron chi connectivity index (χ4n) is 5.36. The van der Waals surface area contributed by atoms with E-state index in [4.69, 9.17) is 9.47 Å². The van der Waals surface area contributed by atoms with Crippen LogP contribution < -0.4 is 4.74 Å². The lowest BCUT2D eigenvalue weighted by Gasteiger charge is -2.12. The Morgan fingerprint density at radius 2 is 1.74 bits per heavy atom. The van der Waals surface area contributed by atoms with Gasteiger partial charge in [0.25, 0.3) is 0 Å². The molecule has 0 fully saturated rings. The molecule has 0 aliphatic heterocycles. The number of nitrogens with zero attached hydrogens (tertiary/aromatic N) is 5. The first kappa shape index (κ1) is 31.0. The molecule has 0 saturated carbocycles. The summed E-state index contributed by atoms with van der Waals surface area (Å²) in [5.41, 5.74) is 4.21. The molecule has 0 amide bonds. The second-order valence-corrected chi connectivity index (χ2v) is 11.0. The molecule has 6 rings (SSSR count). The zero-order chi connectivity index (χ0) is 32.4. The molecule has 0 radical (unpaired) electrons. The van der Waals surface area contributed by atoms with Crippen molar-refractivity contribution in [2.24, 2.45) is 7.05 Å². The van der Waals surface area contributed by atoms with Crippen LogP contribution in [0.4, 0.5) is 13.2 Å². The molecular formula is C35H32F3N5O3. The molecule has 8 nitrogen and oxygen atoms in total. The SMILES string of the molecule is COCCn1c(Cc2cc(F)c(-c3cccc(OCc4ccc(-c5cncn5C)cc4F)n3)cc2F)nc2ccc(C(C)O)cc21. The van der Waals surface area contributed by atoms with Gasteiger partial charge < -0.3 is 23.7 Å². The molecule has 236 valence electrons. The zero-order valence-electron chi connectivity index (χ0n) is 25.5. The minimum absolute atomic E-state index is 0.0344. The molecule has 0 bridgehead atoms. The summed E-state index contributed by atoms with van der Waals surface area (Å²) < 4.78 is 60.6. The summed E-state index contributed by atoms with van der Waals surface area (Å²) >= 11 is 0. The number of aliphatic hydroxyl groups excluding tert-OH is 1. The van der Waals surface area contributed by atoms with Crippen molar-refractivity contribution in [1.82, 2.24) is 24.1 Å². The van der Waals surface area contributed by atoms with Gasteiger partial charge in [-0.1, -0.05) is 24.3 Å². The first-order valence-corrected chi connectivity index (χ1v) is 14.7. The average molecular weight is 628 g/mol. The summed E-state index contributed by atoms with van der Waals surface area (Å²) in [4.78, 5) is 13.1. The second kappa shape index (κ2) is 13.2. The average Bonchev–Trinajstić information content (AvgIpc) is 3.63. The van der Waals surface area contributed by atoms with Gasteiger partial charge in [-0.3, -0.25) is 0 Å². The molecular weight excluding hydrogens is 595 g/mol. The van der Waals surface area contributed by atoms with E-state index in [1.54, 1.807) is 73.6 Å². The summed E-state index contributed by atoms with van der Waals surface area (Å²) in [6.07, 6.45) is 2.66. The Morgan fingerprint density at radius 1 is 0.913 bits per heavy atom. The van der Waals surface area contributed by atoms with Gasteiger partial charge in [0.2, 0.25) is 5.88 Å². The van der Waals surface area contributed by atoms with E-state index in [-0.39, 0.29) is 35.7 Å². The van der Waals surface area contributed by atoms with Crippen LogP contribution in [0.25, 0.3) is 33.5 Å². The highest BCUT2D eigenvalue weighted by molar-refractivity contribution is 5.77. The summed E-state index contributed by atoms with van der Waals surface area (Å²) in [6.45, 7) is 2.41. The topological polar surface area (TPSA) is 87.2 Å². The van der Waals surface area contributed by atoms with Crippen molar-refractivity contribution in [2.45, 2.75) is 32.6 Å². The maximum Gasteiger partial charge on any atom is 0.214 e. The van der Waals surface area contributed by atoms with E-state index < -0.39 is 23.6 Å². The van der Waals surface area contributed by atoms with Crippen LogP contribution in [0, 0.1) is 17.5 Å². The Balaban J connectivity index is 1.22. The third-order valence-corrected chi connectivity index (χ3v) is 7.88. The van der Waals surface area contributed by atoms with Gasteiger partial charge in [0.15, 0.2) is 0 Å². The van der Waals surface area contributed by atoms with Gasteiger partial charge in [0.1, 0.15) is 29.9 Å². The number of rotatable bonds is 11. The number of aryl methyl sites for hydroxylation is 1. The van der Waals surface area contributed by atoms with Crippen molar-refractivity contribution in [3.05, 3.63) is 119 Å². The van der Waals surface area contributed by atoms with Crippen LogP contribution in [-0.4, -0.2) is 42.9 Å². The number of imidazole rings is 2. The second-order valence-electron chi connectivity index (χ2n) is 11.0. The molecule has 0 spiro atoms. The maximum atomic E-state index is 15.5. The molecule has 1 N–H and O–H groups in total. The number of fused-ring (bicyclic) bond motifs is 1. The molecule has 6 aromatic rings. The van der Waals surface area contributed by atoms with E-state index in [0.717, 1.165) is 28.9 Å². The molecule has 3 aromatic heterocycles. The largest absolute Gasteiger partial charge is 0.473 e. The number of halogens is 3. The summed E-state index contributed by atoms with van der Waals surface area (Å²) in [5.74, 6) is -1.04. The summed E-state index contributed by atoms with van der Waals surface area (Å²) in [5, 5.41) is 10.1. The molecule has 1 atom stereocenters. The zero-order valence-corrected chi connectivity index (χ0v) is 25.5. The highest BCUT2D eigenvalue weighted by atomic mass is 19.1. The molecule has 0 aliphatic carbocycles. The number of pyridine rings is 1. The van der Waals surface area contributed by atoms with Gasteiger partial charge >= 0.3 is 0 Å². The fourth-order valence-corrected chi connectivity index (χ4v) is 5.36. The van der Waals surface area contributed by atoms with Crippen molar-refractivity contribution in [3.8, 4) is 28.4 Å². The van der Waals surface area contributed by atoms with Gasteiger partial charge in [0.05, 0.1) is 47.7 Å². The number of aromatic nitrogens is 5. The third-order valence-electron chi connectivity index (χ3n) is 7.88. The van der Waals surface area contributed by atoms with Gasteiger partial charge in [-0.2, -0.15) is 0 Å². The third kappa shape index (κ3) is 6.37. The molecule has 46 heavy (non-hydrogen) atoms. The number of benzene rings is 3. The van der Waals surface area contributed by atoms with E-state index >= 15 is 8.78 Å².